The zero-order valence-corrected chi connectivity index (χ0v) is 13.1. The quantitative estimate of drug-likeness (QED) is 0.768. The summed E-state index contributed by atoms with van der Waals surface area (Å²) >= 11 is 0. The van der Waals surface area contributed by atoms with Crippen molar-refractivity contribution in [1.82, 2.24) is 4.98 Å². The topological polar surface area (TPSA) is 44.5 Å². The average Bonchev–Trinajstić information content (AvgIpc) is 2.89. The van der Waals surface area contributed by atoms with Crippen molar-refractivity contribution in [3.05, 3.63) is 30.3 Å². The van der Waals surface area contributed by atoms with Crippen molar-refractivity contribution in [3.63, 3.8) is 0 Å². The Morgan fingerprint density at radius 1 is 1.00 bits per heavy atom. The van der Waals surface area contributed by atoms with Crippen LogP contribution in [-0.4, -0.2) is 31.2 Å². The largest absolute Gasteiger partial charge is 0.533 e. The highest BCUT2D eigenvalue weighted by molar-refractivity contribution is 6.65. The average molecular weight is 283 g/mol. The molecule has 0 bridgehead atoms. The summed E-state index contributed by atoms with van der Waals surface area (Å²) in [5.41, 5.74) is 1.62. The molecule has 6 heteroatoms. The van der Waals surface area contributed by atoms with Gasteiger partial charge in [-0.25, -0.2) is 4.98 Å². The van der Waals surface area contributed by atoms with Gasteiger partial charge in [0.1, 0.15) is 5.66 Å². The smallest absolute Gasteiger partial charge is 0.446 e. The molecule has 0 atom stereocenters. The van der Waals surface area contributed by atoms with Crippen LogP contribution in [0.1, 0.15) is 27.7 Å². The molecule has 0 saturated carbocycles. The molecule has 2 aromatic rings. The van der Waals surface area contributed by atoms with Gasteiger partial charge in [-0.1, -0.05) is 18.2 Å². The summed E-state index contributed by atoms with van der Waals surface area (Å²) in [5, 5.41) is 0. The first-order valence-electron chi connectivity index (χ1n) is 7.18. The standard InChI is InChI=1S/C15H19B2NO3/c1-14(2)15(3,4)21-17(20-14)12-11(16)18-13(19-12)10-8-6-5-7-9-10/h5-9H,16H2,1-4H3. The SMILES string of the molecule is Bc1nc(-c2ccccc2)oc1B1OC(C)(C)C(C)(C)O1. The highest BCUT2D eigenvalue weighted by Crippen LogP contribution is 2.36. The molecule has 0 radical (unpaired) electrons. The first-order chi connectivity index (χ1) is 9.80. The van der Waals surface area contributed by atoms with Crippen LogP contribution in [0.25, 0.3) is 11.5 Å². The summed E-state index contributed by atoms with van der Waals surface area (Å²) < 4.78 is 18.0. The molecule has 2 heterocycles. The van der Waals surface area contributed by atoms with E-state index >= 15 is 0 Å². The van der Waals surface area contributed by atoms with E-state index in [1.54, 1.807) is 0 Å². The van der Waals surface area contributed by atoms with Gasteiger partial charge in [-0.2, -0.15) is 0 Å². The first kappa shape index (κ1) is 14.4. The number of rotatable bonds is 2. The second kappa shape index (κ2) is 4.75. The van der Waals surface area contributed by atoms with Crippen LogP contribution in [0.2, 0.25) is 0 Å². The van der Waals surface area contributed by atoms with Gasteiger partial charge in [-0.15, -0.1) is 0 Å². The van der Waals surface area contributed by atoms with E-state index in [4.69, 9.17) is 13.7 Å². The fourth-order valence-corrected chi connectivity index (χ4v) is 2.28. The lowest BCUT2D eigenvalue weighted by molar-refractivity contribution is 0.00578. The number of hydrogen-bond acceptors (Lipinski definition) is 4. The van der Waals surface area contributed by atoms with E-state index in [1.807, 2.05) is 65.9 Å². The highest BCUT2D eigenvalue weighted by atomic mass is 16.7. The van der Waals surface area contributed by atoms with Gasteiger partial charge in [0, 0.05) is 11.2 Å². The lowest BCUT2D eigenvalue weighted by Crippen LogP contribution is -2.42. The van der Waals surface area contributed by atoms with Crippen LogP contribution >= 0.6 is 0 Å². The van der Waals surface area contributed by atoms with Crippen LogP contribution in [0.5, 0.6) is 0 Å². The third-order valence-electron chi connectivity index (χ3n) is 4.32. The molecule has 108 valence electrons. The minimum Gasteiger partial charge on any atom is -0.446 e. The molecule has 0 unspecified atom stereocenters. The van der Waals surface area contributed by atoms with Crippen molar-refractivity contribution in [2.24, 2.45) is 0 Å². The number of aromatic nitrogens is 1. The van der Waals surface area contributed by atoms with Crippen molar-refractivity contribution in [1.29, 1.82) is 0 Å². The van der Waals surface area contributed by atoms with Crippen LogP contribution in [0.3, 0.4) is 0 Å². The molecule has 0 N–H and O–H groups in total. The van der Waals surface area contributed by atoms with E-state index in [1.165, 1.54) is 0 Å². The summed E-state index contributed by atoms with van der Waals surface area (Å²) in [6.07, 6.45) is 0. The Kier molecular flexibility index (Phi) is 3.26. The molecule has 4 nitrogen and oxygen atoms in total. The number of oxazole rings is 1. The van der Waals surface area contributed by atoms with Crippen molar-refractivity contribution in [2.45, 2.75) is 38.9 Å². The van der Waals surface area contributed by atoms with Crippen LogP contribution in [0.15, 0.2) is 34.7 Å². The second-order valence-corrected chi connectivity index (χ2v) is 6.42. The summed E-state index contributed by atoms with van der Waals surface area (Å²) in [6.45, 7) is 8.10. The monoisotopic (exact) mass is 283 g/mol. The van der Waals surface area contributed by atoms with E-state index in [2.05, 4.69) is 4.98 Å². The van der Waals surface area contributed by atoms with E-state index in [9.17, 15) is 0 Å². The summed E-state index contributed by atoms with van der Waals surface area (Å²) in [7, 11) is 1.40. The number of hydrogen-bond donors (Lipinski definition) is 0. The molecule has 0 amide bonds. The van der Waals surface area contributed by atoms with Crippen molar-refractivity contribution in [3.8, 4) is 11.5 Å². The predicted molar refractivity (Wildman–Crippen MR) is 85.8 cm³/mol. The van der Waals surface area contributed by atoms with Crippen molar-refractivity contribution < 1.29 is 13.7 Å². The summed E-state index contributed by atoms with van der Waals surface area (Å²) in [4.78, 5) is 4.49. The van der Waals surface area contributed by atoms with Gasteiger partial charge >= 0.3 is 7.12 Å². The fourth-order valence-electron chi connectivity index (χ4n) is 2.28. The van der Waals surface area contributed by atoms with Gasteiger partial charge < -0.3 is 13.7 Å². The van der Waals surface area contributed by atoms with Crippen molar-refractivity contribution in [2.75, 3.05) is 0 Å². The second-order valence-electron chi connectivity index (χ2n) is 6.42. The number of nitrogens with zero attached hydrogens (tertiary/aromatic N) is 1. The number of benzene rings is 1. The normalized spacial score (nSPS) is 19.9. The maximum absolute atomic E-state index is 6.02. The summed E-state index contributed by atoms with van der Waals surface area (Å²) in [6, 6.07) is 9.83. The van der Waals surface area contributed by atoms with Gasteiger partial charge in [-0.05, 0) is 39.8 Å². The highest BCUT2D eigenvalue weighted by Gasteiger charge is 2.53. The maximum atomic E-state index is 6.02. The molecule has 0 aliphatic carbocycles. The third-order valence-corrected chi connectivity index (χ3v) is 4.32. The van der Waals surface area contributed by atoms with Crippen LogP contribution in [-0.2, 0) is 9.31 Å². The van der Waals surface area contributed by atoms with Crippen LogP contribution in [0.4, 0.5) is 0 Å². The van der Waals surface area contributed by atoms with Gasteiger partial charge in [0.25, 0.3) is 0 Å². The molecule has 1 saturated heterocycles. The Bertz CT molecular complexity index is 636. The van der Waals surface area contributed by atoms with E-state index in [0.717, 1.165) is 11.2 Å². The van der Waals surface area contributed by atoms with E-state index < -0.39 is 7.12 Å². The lowest BCUT2D eigenvalue weighted by Gasteiger charge is -2.32. The van der Waals surface area contributed by atoms with Gasteiger partial charge in [0.2, 0.25) is 5.89 Å². The molecule has 1 aromatic carbocycles. The van der Waals surface area contributed by atoms with Crippen LogP contribution < -0.4 is 11.3 Å². The molecule has 1 aliphatic rings. The van der Waals surface area contributed by atoms with Gasteiger partial charge in [0.15, 0.2) is 7.85 Å². The molecule has 21 heavy (non-hydrogen) atoms. The molecular weight excluding hydrogens is 264 g/mol. The van der Waals surface area contributed by atoms with Crippen molar-refractivity contribution >= 4 is 26.2 Å². The Morgan fingerprint density at radius 2 is 1.57 bits per heavy atom. The molecular formula is C15H19B2NO3. The zero-order valence-electron chi connectivity index (χ0n) is 13.1. The Morgan fingerprint density at radius 3 is 2.14 bits per heavy atom. The molecule has 1 fully saturated rings. The molecule has 0 spiro atoms. The summed E-state index contributed by atoms with van der Waals surface area (Å²) in [5.74, 6) is 0.595. The van der Waals surface area contributed by atoms with Gasteiger partial charge in [0.05, 0.1) is 11.2 Å². The van der Waals surface area contributed by atoms with Gasteiger partial charge in [-0.3, -0.25) is 0 Å². The van der Waals surface area contributed by atoms with E-state index in [-0.39, 0.29) is 11.2 Å². The third kappa shape index (κ3) is 2.43. The Balaban J connectivity index is 1.93. The Labute approximate surface area is 126 Å². The Hall–Kier alpha value is -1.52. The molecule has 1 aromatic heterocycles. The maximum Gasteiger partial charge on any atom is 0.533 e. The molecule has 3 rings (SSSR count). The minimum atomic E-state index is -0.514. The van der Waals surface area contributed by atoms with Crippen LogP contribution in [0, 0.1) is 0 Å². The predicted octanol–water partition coefficient (Wildman–Crippen LogP) is 0.899. The lowest BCUT2D eigenvalue weighted by atomic mass is 9.79. The minimum absolute atomic E-state index is 0.385. The fraction of sp³-hybridized carbons (Fsp3) is 0.400. The molecule has 1 aliphatic heterocycles. The zero-order chi connectivity index (χ0) is 15.3. The first-order valence-corrected chi connectivity index (χ1v) is 7.18. The van der Waals surface area contributed by atoms with E-state index in [0.29, 0.717) is 11.6 Å².